The van der Waals surface area contributed by atoms with E-state index in [4.69, 9.17) is 0 Å². The number of aliphatic imine (C=N–C) groups is 1. The summed E-state index contributed by atoms with van der Waals surface area (Å²) in [5, 5.41) is 15.1. The molecular formula is C20H27F3N6O. The Morgan fingerprint density at radius 3 is 2.53 bits per heavy atom. The van der Waals surface area contributed by atoms with Crippen molar-refractivity contribution >= 4 is 5.96 Å². The lowest BCUT2D eigenvalue weighted by molar-refractivity contribution is -0.176. The number of alkyl halides is 3. The molecule has 0 unspecified atom stereocenters. The number of hydrogen-bond donors (Lipinski definition) is 2. The van der Waals surface area contributed by atoms with E-state index in [1.807, 2.05) is 12.1 Å². The second-order valence-electron chi connectivity index (χ2n) is 7.20. The molecule has 0 atom stereocenters. The number of ether oxygens (including phenoxy) is 1. The fourth-order valence-electron chi connectivity index (χ4n) is 3.28. The Morgan fingerprint density at radius 1 is 1.07 bits per heavy atom. The van der Waals surface area contributed by atoms with Crippen LogP contribution in [0.5, 0.6) is 0 Å². The highest BCUT2D eigenvalue weighted by Crippen LogP contribution is 2.16. The van der Waals surface area contributed by atoms with Gasteiger partial charge in [-0.25, -0.2) is 0 Å². The number of aryl methyl sites for hydroxylation is 1. The second-order valence-corrected chi connectivity index (χ2v) is 7.20. The van der Waals surface area contributed by atoms with E-state index in [0.717, 1.165) is 43.0 Å². The lowest BCUT2D eigenvalue weighted by Gasteiger charge is -2.13. The minimum Gasteiger partial charge on any atom is -0.367 e. The molecule has 1 aromatic carbocycles. The van der Waals surface area contributed by atoms with Gasteiger partial charge >= 0.3 is 6.18 Å². The van der Waals surface area contributed by atoms with E-state index in [1.54, 1.807) is 19.2 Å². The minimum atomic E-state index is -4.31. The molecule has 30 heavy (non-hydrogen) atoms. The first-order chi connectivity index (χ1) is 14.4. The third-order valence-electron chi connectivity index (χ3n) is 4.84. The van der Waals surface area contributed by atoms with Crippen LogP contribution in [-0.2, 0) is 37.4 Å². The normalized spacial score (nSPS) is 14.9. The van der Waals surface area contributed by atoms with Gasteiger partial charge in [0.1, 0.15) is 12.4 Å². The van der Waals surface area contributed by atoms with Gasteiger partial charge in [-0.15, -0.1) is 10.2 Å². The summed E-state index contributed by atoms with van der Waals surface area (Å²) in [6.45, 7) is 0.695. The molecule has 2 aromatic rings. The molecule has 1 aliphatic heterocycles. The first kappa shape index (κ1) is 22.1. The molecule has 0 saturated carbocycles. The maximum atomic E-state index is 12.1. The van der Waals surface area contributed by atoms with Crippen LogP contribution < -0.4 is 10.6 Å². The number of rotatable bonds is 7. The number of nitrogens with one attached hydrogen (secondary N) is 2. The Hall–Kier alpha value is -2.62. The van der Waals surface area contributed by atoms with Gasteiger partial charge in [0.2, 0.25) is 0 Å². The average Bonchev–Trinajstić information content (AvgIpc) is 2.94. The molecule has 164 valence electrons. The average molecular weight is 424 g/mol. The molecule has 2 heterocycles. The largest absolute Gasteiger partial charge is 0.411 e. The van der Waals surface area contributed by atoms with Gasteiger partial charge in [-0.1, -0.05) is 30.7 Å². The Bertz CT molecular complexity index is 832. The number of fused-ring (bicyclic) bond motifs is 1. The first-order valence-electron chi connectivity index (χ1n) is 10.0. The summed E-state index contributed by atoms with van der Waals surface area (Å²) < 4.78 is 43.2. The summed E-state index contributed by atoms with van der Waals surface area (Å²) >= 11 is 0. The van der Waals surface area contributed by atoms with Crippen molar-refractivity contribution in [2.75, 3.05) is 13.7 Å². The maximum Gasteiger partial charge on any atom is 0.411 e. The number of aromatic nitrogens is 3. The van der Waals surface area contributed by atoms with Crippen LogP contribution >= 0.6 is 0 Å². The van der Waals surface area contributed by atoms with Crippen LogP contribution in [0.1, 0.15) is 42.0 Å². The third-order valence-corrected chi connectivity index (χ3v) is 4.84. The fourth-order valence-corrected chi connectivity index (χ4v) is 3.28. The maximum absolute atomic E-state index is 12.1. The monoisotopic (exact) mass is 424 g/mol. The summed E-state index contributed by atoms with van der Waals surface area (Å²) in [6.07, 6.45) is 0.173. The summed E-state index contributed by atoms with van der Waals surface area (Å²) in [7, 11) is 1.70. The molecule has 0 amide bonds. The van der Waals surface area contributed by atoms with Crippen molar-refractivity contribution in [1.29, 1.82) is 0 Å². The van der Waals surface area contributed by atoms with E-state index < -0.39 is 12.8 Å². The highest BCUT2D eigenvalue weighted by molar-refractivity contribution is 5.79. The van der Waals surface area contributed by atoms with Crippen LogP contribution in [0, 0.1) is 0 Å². The Morgan fingerprint density at radius 2 is 1.80 bits per heavy atom. The van der Waals surface area contributed by atoms with Crippen molar-refractivity contribution in [3.63, 3.8) is 0 Å². The van der Waals surface area contributed by atoms with E-state index in [9.17, 15) is 13.2 Å². The van der Waals surface area contributed by atoms with Gasteiger partial charge in [0.15, 0.2) is 11.8 Å². The summed E-state index contributed by atoms with van der Waals surface area (Å²) in [5.74, 6) is 2.59. The smallest absolute Gasteiger partial charge is 0.367 e. The van der Waals surface area contributed by atoms with Crippen LogP contribution in [0.3, 0.4) is 0 Å². The molecular weight excluding hydrogens is 397 g/mol. The van der Waals surface area contributed by atoms with Gasteiger partial charge in [-0.05, 0) is 24.0 Å². The summed E-state index contributed by atoms with van der Waals surface area (Å²) in [5.41, 5.74) is 1.67. The van der Waals surface area contributed by atoms with E-state index in [-0.39, 0.29) is 6.61 Å². The zero-order valence-corrected chi connectivity index (χ0v) is 17.0. The SMILES string of the molecule is CN=C(NCc1ccc(COCC(F)(F)F)cc1)NCc1nnc2n1CCCCC2. The van der Waals surface area contributed by atoms with Gasteiger partial charge in [0.25, 0.3) is 0 Å². The van der Waals surface area contributed by atoms with Crippen molar-refractivity contribution in [1.82, 2.24) is 25.4 Å². The first-order valence-corrected chi connectivity index (χ1v) is 10.0. The number of halogens is 3. The highest BCUT2D eigenvalue weighted by atomic mass is 19.4. The Labute approximate surface area is 173 Å². The van der Waals surface area contributed by atoms with Gasteiger partial charge in [-0.2, -0.15) is 13.2 Å². The van der Waals surface area contributed by atoms with Crippen molar-refractivity contribution in [3.05, 3.63) is 47.0 Å². The van der Waals surface area contributed by atoms with Crippen LogP contribution in [0.4, 0.5) is 13.2 Å². The van der Waals surface area contributed by atoms with E-state index in [2.05, 4.69) is 35.1 Å². The van der Waals surface area contributed by atoms with Crippen LogP contribution in [-0.4, -0.2) is 40.6 Å². The summed E-state index contributed by atoms with van der Waals surface area (Å²) in [4.78, 5) is 4.22. The van der Waals surface area contributed by atoms with E-state index >= 15 is 0 Å². The molecule has 0 fully saturated rings. The zero-order valence-electron chi connectivity index (χ0n) is 17.0. The number of guanidine groups is 1. The molecule has 0 saturated heterocycles. The molecule has 1 aromatic heterocycles. The van der Waals surface area contributed by atoms with E-state index in [0.29, 0.717) is 24.6 Å². The van der Waals surface area contributed by atoms with Crippen molar-refractivity contribution in [3.8, 4) is 0 Å². The molecule has 7 nitrogen and oxygen atoms in total. The number of hydrogen-bond acceptors (Lipinski definition) is 4. The predicted octanol–water partition coefficient (Wildman–Crippen LogP) is 2.95. The van der Waals surface area contributed by atoms with Gasteiger partial charge in [0, 0.05) is 26.6 Å². The van der Waals surface area contributed by atoms with Crippen molar-refractivity contribution in [2.45, 2.75) is 58.1 Å². The molecule has 1 aliphatic rings. The fraction of sp³-hybridized carbons (Fsp3) is 0.550. The Kier molecular flexibility index (Phi) is 7.67. The number of nitrogens with zero attached hydrogens (tertiary/aromatic N) is 4. The van der Waals surface area contributed by atoms with Gasteiger partial charge in [-0.3, -0.25) is 4.99 Å². The molecule has 3 rings (SSSR count). The van der Waals surface area contributed by atoms with E-state index in [1.165, 1.54) is 6.42 Å². The standard InChI is InChI=1S/C20H27F3N6O/c1-24-19(26-12-18-28-27-17-5-3-2-4-10-29(17)18)25-11-15-6-8-16(9-7-15)13-30-14-20(21,22)23/h6-9H,2-5,10-14H2,1H3,(H2,24,25,26). The second kappa shape index (κ2) is 10.4. The lowest BCUT2D eigenvalue weighted by Crippen LogP contribution is -2.37. The van der Waals surface area contributed by atoms with Gasteiger partial charge < -0.3 is 19.9 Å². The van der Waals surface area contributed by atoms with Crippen LogP contribution in [0.25, 0.3) is 0 Å². The van der Waals surface area contributed by atoms with Crippen LogP contribution in [0.2, 0.25) is 0 Å². The van der Waals surface area contributed by atoms with Crippen molar-refractivity contribution in [2.24, 2.45) is 4.99 Å². The van der Waals surface area contributed by atoms with Crippen LogP contribution in [0.15, 0.2) is 29.3 Å². The molecule has 2 N–H and O–H groups in total. The van der Waals surface area contributed by atoms with Crippen molar-refractivity contribution < 1.29 is 17.9 Å². The Balaban J connectivity index is 1.45. The quantitative estimate of drug-likeness (QED) is 0.528. The topological polar surface area (TPSA) is 76.4 Å². The predicted molar refractivity (Wildman–Crippen MR) is 107 cm³/mol. The molecule has 0 spiro atoms. The van der Waals surface area contributed by atoms with Gasteiger partial charge in [0.05, 0.1) is 13.2 Å². The lowest BCUT2D eigenvalue weighted by atomic mass is 10.1. The molecule has 0 aliphatic carbocycles. The highest BCUT2D eigenvalue weighted by Gasteiger charge is 2.27. The molecule has 10 heteroatoms. The molecule has 0 bridgehead atoms. The zero-order chi connectivity index (χ0) is 21.4. The number of benzene rings is 1. The summed E-state index contributed by atoms with van der Waals surface area (Å²) in [6, 6.07) is 7.22. The third kappa shape index (κ3) is 6.72. The molecule has 0 radical (unpaired) electrons. The minimum absolute atomic E-state index is 0.0703.